The minimum atomic E-state index is -0.567. The first-order valence-electron chi connectivity index (χ1n) is 25.3. The lowest BCUT2D eigenvalue weighted by molar-refractivity contribution is 0.820. The van der Waals surface area contributed by atoms with Crippen LogP contribution in [0.15, 0.2) is 261 Å². The van der Waals surface area contributed by atoms with Crippen LogP contribution >= 0.6 is 0 Å². The molecule has 72 heavy (non-hydrogen) atoms. The van der Waals surface area contributed by atoms with Crippen LogP contribution < -0.4 is 15.5 Å². The number of aryl methyl sites for hydroxylation is 3. The number of nitrogens with two attached hydrogens (primary N) is 1. The molecule has 0 radical (unpaired) electrons. The lowest BCUT2D eigenvalue weighted by Crippen LogP contribution is -2.23. The van der Waals surface area contributed by atoms with E-state index in [1.54, 1.807) is 6.20 Å². The van der Waals surface area contributed by atoms with Gasteiger partial charge in [0, 0.05) is 35.5 Å². The fraction of sp³-hybridized carbons (Fsp3) is 0.130. The second-order valence-electron chi connectivity index (χ2n) is 18.1. The third kappa shape index (κ3) is 10.5. The van der Waals surface area contributed by atoms with Gasteiger partial charge in [-0.1, -0.05) is 202 Å². The van der Waals surface area contributed by atoms with Gasteiger partial charge in [-0.25, -0.2) is 0 Å². The second kappa shape index (κ2) is 23.5. The molecule has 2 N–H and O–H groups in total. The number of para-hydroxylation sites is 2. The minimum Gasteiger partial charge on any atom is -0.405 e. The molecule has 8 aromatic carbocycles. The Morgan fingerprint density at radius 2 is 1.00 bits per heavy atom. The summed E-state index contributed by atoms with van der Waals surface area (Å²) >= 11 is 0. The van der Waals surface area contributed by atoms with Crippen LogP contribution in [0.3, 0.4) is 0 Å². The molecule has 0 heterocycles. The summed E-state index contributed by atoms with van der Waals surface area (Å²) in [7, 11) is 2.15. The number of allylic oxidation sites excluding steroid dienone is 10. The molecule has 0 fully saturated rings. The zero-order chi connectivity index (χ0) is 50.5. The Kier molecular flexibility index (Phi) is 16.3. The number of fused-ring (bicyclic) bond motifs is 7. The van der Waals surface area contributed by atoms with Crippen molar-refractivity contribution in [3.63, 3.8) is 0 Å². The lowest BCUT2D eigenvalue weighted by atomic mass is 9.74. The summed E-state index contributed by atoms with van der Waals surface area (Å²) in [6.07, 6.45) is 20.9. The Bertz CT molecular complexity index is 3270. The van der Waals surface area contributed by atoms with E-state index in [1.165, 1.54) is 74.0 Å². The van der Waals surface area contributed by atoms with Gasteiger partial charge in [0.25, 0.3) is 0 Å². The molecular weight excluding hydrogens is 871 g/mol. The molecule has 11 rings (SSSR count). The highest BCUT2D eigenvalue weighted by molar-refractivity contribution is 5.98. The molecule has 3 nitrogen and oxygen atoms in total. The quantitative estimate of drug-likeness (QED) is 0.146. The molecule has 1 spiro atoms. The maximum atomic E-state index is 5.74. The summed E-state index contributed by atoms with van der Waals surface area (Å²) in [4.78, 5) is 4.67. The topological polar surface area (TPSA) is 32.5 Å². The summed E-state index contributed by atoms with van der Waals surface area (Å²) in [5.74, 6) is 0. The van der Waals surface area contributed by atoms with Gasteiger partial charge in [0.1, 0.15) is 0 Å². The summed E-state index contributed by atoms with van der Waals surface area (Å²) in [6, 6.07) is 69.9. The van der Waals surface area contributed by atoms with Gasteiger partial charge >= 0.3 is 0 Å². The molecule has 8 aromatic rings. The number of benzene rings is 8. The van der Waals surface area contributed by atoms with Crippen LogP contribution in [0.25, 0.3) is 27.8 Å². The minimum absolute atomic E-state index is 0.567. The zero-order valence-electron chi connectivity index (χ0n) is 42.8. The molecule has 1 unspecified atom stereocenters. The molecule has 0 amide bonds. The molecule has 3 heteroatoms. The number of nitrogens with zero attached hydrogens (tertiary/aromatic N) is 2. The van der Waals surface area contributed by atoms with Crippen molar-refractivity contribution in [3.8, 4) is 22.3 Å². The van der Waals surface area contributed by atoms with Crippen LogP contribution in [-0.2, 0) is 5.41 Å². The van der Waals surface area contributed by atoms with Crippen molar-refractivity contribution in [1.29, 1.82) is 0 Å². The summed E-state index contributed by atoms with van der Waals surface area (Å²) in [6.45, 7) is 15.1. The highest BCUT2D eigenvalue weighted by atomic mass is 15.1. The first-order chi connectivity index (χ1) is 35.3. The predicted molar refractivity (Wildman–Crippen MR) is 312 cm³/mol. The molecular formula is C69H67N3. The zero-order valence-corrected chi connectivity index (χ0v) is 42.8. The van der Waals surface area contributed by atoms with Gasteiger partial charge in [-0.3, -0.25) is 0 Å². The van der Waals surface area contributed by atoms with E-state index in [1.807, 2.05) is 44.2 Å². The maximum absolute atomic E-state index is 5.74. The fourth-order valence-electron chi connectivity index (χ4n) is 9.97. The second-order valence-corrected chi connectivity index (χ2v) is 18.1. The van der Waals surface area contributed by atoms with E-state index in [0.29, 0.717) is 0 Å². The summed E-state index contributed by atoms with van der Waals surface area (Å²) in [5.41, 5.74) is 26.5. The largest absolute Gasteiger partial charge is 0.405 e. The Morgan fingerprint density at radius 1 is 0.486 bits per heavy atom. The van der Waals surface area contributed by atoms with Gasteiger partial charge in [0.05, 0.1) is 5.41 Å². The van der Waals surface area contributed by atoms with Gasteiger partial charge in [0.2, 0.25) is 0 Å². The molecule has 0 aliphatic heterocycles. The molecule has 3 aliphatic rings. The monoisotopic (exact) mass is 938 g/mol. The van der Waals surface area contributed by atoms with E-state index >= 15 is 0 Å². The van der Waals surface area contributed by atoms with Crippen molar-refractivity contribution in [2.24, 2.45) is 5.73 Å². The van der Waals surface area contributed by atoms with Gasteiger partial charge in [-0.15, -0.1) is 0 Å². The fourth-order valence-corrected chi connectivity index (χ4v) is 9.97. The normalized spacial score (nSPS) is 14.4. The Morgan fingerprint density at radius 3 is 1.62 bits per heavy atom. The smallest absolute Gasteiger partial charge is 0.0660 e. The number of anilines is 5. The number of hydrogen-bond donors (Lipinski definition) is 1. The van der Waals surface area contributed by atoms with E-state index in [9.17, 15) is 0 Å². The lowest BCUT2D eigenvalue weighted by Gasteiger charge is -2.31. The van der Waals surface area contributed by atoms with Gasteiger partial charge in [0.15, 0.2) is 0 Å². The van der Waals surface area contributed by atoms with Crippen molar-refractivity contribution in [2.45, 2.75) is 52.9 Å². The van der Waals surface area contributed by atoms with Crippen molar-refractivity contribution < 1.29 is 0 Å². The molecule has 358 valence electrons. The van der Waals surface area contributed by atoms with Crippen molar-refractivity contribution in [1.82, 2.24) is 0 Å². The van der Waals surface area contributed by atoms with Crippen LogP contribution in [0.5, 0.6) is 0 Å². The SMILES string of the molecule is C1=CCCC=C1.C=C(/C=C\C=C/N)C1=CC2(c3cc(N(c4ccccc4)c4ccc(C)c(-c5ccccc5C)c4)ccc31)c1ccccc1-c1ccc(N(C)c3ccccc3)cc12.CC.Cc1ccccc1. The molecule has 3 aliphatic carbocycles. The van der Waals surface area contributed by atoms with E-state index in [2.05, 4.69) is 257 Å². The number of hydrogen-bond acceptors (Lipinski definition) is 3. The van der Waals surface area contributed by atoms with Crippen molar-refractivity contribution >= 4 is 34.0 Å². The van der Waals surface area contributed by atoms with E-state index < -0.39 is 5.41 Å². The van der Waals surface area contributed by atoms with Gasteiger partial charge in [-0.05, 0) is 173 Å². The average Bonchev–Trinajstić information content (AvgIpc) is 3.93. The maximum Gasteiger partial charge on any atom is 0.0660 e. The van der Waals surface area contributed by atoms with Crippen molar-refractivity contribution in [2.75, 3.05) is 16.8 Å². The average molecular weight is 938 g/mol. The summed E-state index contributed by atoms with van der Waals surface area (Å²) < 4.78 is 0. The van der Waals surface area contributed by atoms with Crippen LogP contribution in [0.1, 0.15) is 65.6 Å². The number of rotatable bonds is 9. The van der Waals surface area contributed by atoms with Crippen LogP contribution in [0.2, 0.25) is 0 Å². The third-order valence-electron chi connectivity index (χ3n) is 13.6. The Hall–Kier alpha value is -8.40. The highest BCUT2D eigenvalue weighted by Gasteiger charge is 2.48. The van der Waals surface area contributed by atoms with E-state index in [4.69, 9.17) is 5.73 Å². The van der Waals surface area contributed by atoms with Crippen molar-refractivity contribution in [3.05, 3.63) is 300 Å². The Balaban J connectivity index is 0.000000399. The summed E-state index contributed by atoms with van der Waals surface area (Å²) in [5, 5.41) is 0. The molecule has 0 saturated heterocycles. The Labute approximate surface area is 429 Å². The standard InChI is InChI=1S/C54H45N3.C7H8.C6H8.C2H6/c1-37-17-11-12-23-45(37)49-33-43(27-26-39(49)3)57(41-21-9-6-10-22-41)44-29-31-48-50(38(2)18-15-16-32-55)36-54(53(48)35-44)51-25-14-13-24-46(51)47-30-28-42(34-52(47)54)56(4)40-19-7-5-8-20-40;1-7-5-3-2-4-6-7;1-2-4-6-5-3-1;1-2/h5-36H,2,55H2,1,3-4H3;2-6H,1H3;1-4H,5-6H2;1-2H3/b18-15-,32-16-;;;. The first-order valence-corrected chi connectivity index (χ1v) is 25.3. The van der Waals surface area contributed by atoms with E-state index in [-0.39, 0.29) is 0 Å². The van der Waals surface area contributed by atoms with E-state index in [0.717, 1.165) is 39.6 Å². The highest BCUT2D eigenvalue weighted by Crippen LogP contribution is 2.60. The van der Waals surface area contributed by atoms with Gasteiger partial charge in [-0.2, -0.15) is 0 Å². The molecule has 0 aromatic heterocycles. The third-order valence-corrected chi connectivity index (χ3v) is 13.6. The first kappa shape index (κ1) is 50.0. The van der Waals surface area contributed by atoms with Crippen LogP contribution in [0, 0.1) is 20.8 Å². The van der Waals surface area contributed by atoms with Crippen LogP contribution in [0.4, 0.5) is 28.4 Å². The van der Waals surface area contributed by atoms with Gasteiger partial charge < -0.3 is 15.5 Å². The van der Waals surface area contributed by atoms with Crippen LogP contribution in [-0.4, -0.2) is 7.05 Å². The predicted octanol–water partition coefficient (Wildman–Crippen LogP) is 18.4. The molecule has 1 atom stereocenters. The molecule has 0 bridgehead atoms. The molecule has 0 saturated carbocycles.